The molecule has 0 unspecified atom stereocenters. The molecule has 0 amide bonds. The van der Waals surface area contributed by atoms with Gasteiger partial charge in [0.15, 0.2) is 0 Å². The number of hydrogen-bond acceptors (Lipinski definition) is 0. The van der Waals surface area contributed by atoms with Crippen molar-refractivity contribution in [2.24, 2.45) is 0 Å². The summed E-state index contributed by atoms with van der Waals surface area (Å²) in [5.41, 5.74) is 12.1. The van der Waals surface area contributed by atoms with Crippen molar-refractivity contribution in [1.82, 2.24) is 0 Å². The zero-order valence-electron chi connectivity index (χ0n) is 17.5. The fraction of sp³-hybridized carbons (Fsp3) is 0.500. The van der Waals surface area contributed by atoms with Crippen molar-refractivity contribution in [2.75, 3.05) is 0 Å². The Balaban J connectivity index is 0.00000242. The van der Waals surface area contributed by atoms with Gasteiger partial charge in [-0.15, -0.1) is 0 Å². The molecule has 0 N–H and O–H groups in total. The Bertz CT molecular complexity index is 604. The molecule has 0 radical (unpaired) electrons. The van der Waals surface area contributed by atoms with Crippen molar-refractivity contribution in [2.45, 2.75) is 68.5 Å². The molecule has 0 spiro atoms. The van der Waals surface area contributed by atoms with Crippen LogP contribution >= 0.6 is 0 Å². The van der Waals surface area contributed by atoms with Gasteiger partial charge in [0.2, 0.25) is 0 Å². The molecule has 23 heavy (non-hydrogen) atoms. The Labute approximate surface area is 168 Å². The van der Waals surface area contributed by atoms with Crippen LogP contribution in [0, 0.1) is 55.4 Å². The molecule has 0 aliphatic carbocycles. The predicted molar refractivity (Wildman–Crippen MR) is 98.7 cm³/mol. The van der Waals surface area contributed by atoms with Crippen LogP contribution in [0.5, 0.6) is 0 Å². The van der Waals surface area contributed by atoms with Crippen LogP contribution in [-0.4, -0.2) is 8.07 Å². The maximum absolute atomic E-state index is 2.54. The molecule has 2 aromatic rings. The van der Waals surface area contributed by atoms with E-state index in [1.807, 2.05) is 0 Å². The molecule has 0 aliphatic rings. The summed E-state index contributed by atoms with van der Waals surface area (Å²) >= 11 is 0. The largest absolute Gasteiger partial charge is 1.00 e. The van der Waals surface area contributed by atoms with Crippen LogP contribution in [0.2, 0.25) is 13.1 Å². The van der Waals surface area contributed by atoms with Crippen LogP contribution in [0.15, 0.2) is 0 Å². The van der Waals surface area contributed by atoms with Gasteiger partial charge in [0, 0.05) is 0 Å². The Hall–Kier alpha value is 0.112. The molecule has 0 atom stereocenters. The van der Waals surface area contributed by atoms with Gasteiger partial charge in [-0.25, -0.2) is 0 Å². The quantitative estimate of drug-likeness (QED) is 0.464. The minimum absolute atomic E-state index is 0. The summed E-state index contributed by atoms with van der Waals surface area (Å²) in [4.78, 5) is 0. The summed E-state index contributed by atoms with van der Waals surface area (Å²) < 4.78 is 0. The van der Waals surface area contributed by atoms with Gasteiger partial charge < -0.3 is 0 Å². The van der Waals surface area contributed by atoms with Crippen LogP contribution in [-0.2, 0) is 0 Å². The summed E-state index contributed by atoms with van der Waals surface area (Å²) in [7, 11) is -1.65. The topological polar surface area (TPSA) is 0 Å². The van der Waals surface area contributed by atoms with Gasteiger partial charge in [-0.3, -0.25) is 0 Å². The zero-order chi connectivity index (χ0) is 16.3. The first-order valence-corrected chi connectivity index (χ1v) is 11.0. The third-order valence-corrected chi connectivity index (χ3v) is 10.1. The van der Waals surface area contributed by atoms with Gasteiger partial charge in [-0.2, -0.15) is 54.9 Å². The van der Waals surface area contributed by atoms with Gasteiger partial charge in [0.05, 0.1) is 8.07 Å². The van der Waals surface area contributed by atoms with Gasteiger partial charge in [-0.1, -0.05) is 68.5 Å². The van der Waals surface area contributed by atoms with Crippen molar-refractivity contribution in [3.05, 3.63) is 44.5 Å². The fourth-order valence-electron chi connectivity index (χ4n) is 4.44. The molecule has 0 bridgehead atoms. The predicted octanol–water partition coefficient (Wildman–Crippen LogP) is -1.58. The third-order valence-electron chi connectivity index (χ3n) is 6.12. The second-order valence-corrected chi connectivity index (χ2v) is 11.6. The van der Waals surface area contributed by atoms with Crippen molar-refractivity contribution >= 4 is 18.4 Å². The normalized spacial score (nSPS) is 11.2. The van der Waals surface area contributed by atoms with E-state index in [-0.39, 0.29) is 37.7 Å². The summed E-state index contributed by atoms with van der Waals surface area (Å²) in [5, 5.41) is 3.35. The number of hydrogen-bond donors (Lipinski definition) is 0. The molecule has 0 heterocycles. The Morgan fingerprint density at radius 2 is 0.826 bits per heavy atom. The second kappa shape index (κ2) is 7.56. The van der Waals surface area contributed by atoms with E-state index in [1.54, 1.807) is 10.4 Å². The van der Waals surface area contributed by atoms with Crippen LogP contribution in [0.3, 0.4) is 0 Å². The number of rotatable bonds is 2. The summed E-state index contributed by atoms with van der Waals surface area (Å²) in [5.74, 6) is 0. The minimum Gasteiger partial charge on any atom is -0.199 e. The molecule has 0 nitrogen and oxygen atoms in total. The van der Waals surface area contributed by atoms with Crippen molar-refractivity contribution < 1.29 is 37.7 Å². The Kier molecular flexibility index (Phi) is 7.59. The molecule has 2 rings (SSSR count). The molecule has 0 saturated carbocycles. The first-order valence-electron chi connectivity index (χ1n) is 8.00. The van der Waals surface area contributed by atoms with Crippen molar-refractivity contribution in [1.29, 1.82) is 0 Å². The molecular weight excluding hydrogens is 282 g/mol. The van der Waals surface area contributed by atoms with E-state index in [0.29, 0.717) is 0 Å². The molecule has 0 fully saturated rings. The van der Waals surface area contributed by atoms with Gasteiger partial charge in [0.1, 0.15) is 0 Å². The molecule has 116 valence electrons. The van der Waals surface area contributed by atoms with Crippen LogP contribution in [0.4, 0.5) is 0 Å². The van der Waals surface area contributed by atoms with E-state index in [9.17, 15) is 0 Å². The van der Waals surface area contributed by atoms with Crippen LogP contribution < -0.4 is 48.1 Å². The Morgan fingerprint density at radius 3 is 1.00 bits per heavy atom. The average molecular weight is 312 g/mol. The van der Waals surface area contributed by atoms with Crippen LogP contribution in [0.1, 0.15) is 44.5 Å². The molecule has 0 saturated heterocycles. The molecule has 2 aromatic carbocycles. The van der Waals surface area contributed by atoms with E-state index in [0.717, 1.165) is 0 Å². The van der Waals surface area contributed by atoms with Crippen molar-refractivity contribution in [3.8, 4) is 0 Å². The first kappa shape index (κ1) is 23.1. The summed E-state index contributed by atoms with van der Waals surface area (Å²) in [6.45, 7) is 23.5. The first-order chi connectivity index (χ1) is 9.53. The van der Waals surface area contributed by atoms with E-state index in [4.69, 9.17) is 0 Å². The second-order valence-electron chi connectivity index (χ2n) is 7.38. The van der Waals surface area contributed by atoms with Crippen LogP contribution in [0.25, 0.3) is 0 Å². The van der Waals surface area contributed by atoms with E-state index in [1.165, 1.54) is 44.5 Å². The molecule has 0 aromatic heterocycles. The maximum Gasteiger partial charge on any atom is 1.00 e. The average Bonchev–Trinajstić information content (AvgIpc) is 2.72. The smallest absolute Gasteiger partial charge is 0.199 e. The monoisotopic (exact) mass is 312 g/mol. The van der Waals surface area contributed by atoms with E-state index in [2.05, 4.69) is 68.5 Å². The van der Waals surface area contributed by atoms with E-state index < -0.39 is 8.07 Å². The van der Waals surface area contributed by atoms with Gasteiger partial charge in [0.25, 0.3) is 0 Å². The standard InChI is InChI=1S/C20H30Si.2Li/c1-11-12(2)16(6)19(15(11)5)21(9,10)20-17(7)13(3)14(4)18(20)8;;/h1-10H3;;/q-2;2*+1. The molecular formula is C20H30Li2Si. The summed E-state index contributed by atoms with van der Waals surface area (Å²) in [6.07, 6.45) is 0. The van der Waals surface area contributed by atoms with Gasteiger partial charge >= 0.3 is 37.7 Å². The molecule has 0 aliphatic heterocycles. The van der Waals surface area contributed by atoms with Crippen molar-refractivity contribution in [3.63, 3.8) is 0 Å². The Morgan fingerprint density at radius 1 is 0.565 bits per heavy atom. The minimum atomic E-state index is -1.65. The third kappa shape index (κ3) is 3.29. The maximum atomic E-state index is 2.54. The summed E-state index contributed by atoms with van der Waals surface area (Å²) in [6, 6.07) is 0. The molecule has 3 heteroatoms. The zero-order valence-corrected chi connectivity index (χ0v) is 18.5. The van der Waals surface area contributed by atoms with E-state index >= 15 is 0 Å². The van der Waals surface area contributed by atoms with Gasteiger partial charge in [-0.05, 0) is 0 Å². The fourth-order valence-corrected chi connectivity index (χ4v) is 9.19. The SMILES string of the molecule is Cc1c(C)c([Si](C)(C)c2c(C)c(C)c(C)[c-]2C)[c-](C)c1C.[Li+].[Li+].